The number of nitrogens with one attached hydrogen (secondary N) is 1. The van der Waals surface area contributed by atoms with Gasteiger partial charge in [0.05, 0.1) is 11.0 Å². The molecule has 0 bridgehead atoms. The van der Waals surface area contributed by atoms with E-state index in [9.17, 15) is 9.59 Å². The van der Waals surface area contributed by atoms with Crippen LogP contribution in [0.25, 0.3) is 17.2 Å². The summed E-state index contributed by atoms with van der Waals surface area (Å²) < 4.78 is 6.94. The second kappa shape index (κ2) is 4.57. The van der Waals surface area contributed by atoms with Crippen LogP contribution in [0.15, 0.2) is 41.7 Å². The van der Waals surface area contributed by atoms with Crippen molar-refractivity contribution in [3.05, 3.63) is 46.4 Å². The highest BCUT2D eigenvalue weighted by molar-refractivity contribution is 7.71. The summed E-state index contributed by atoms with van der Waals surface area (Å²) in [5.41, 5.74) is 1.58. The maximum absolute atomic E-state index is 11.9. The first-order chi connectivity index (χ1) is 9.56. The van der Waals surface area contributed by atoms with Crippen LogP contribution in [0.4, 0.5) is 0 Å². The van der Waals surface area contributed by atoms with Gasteiger partial charge in [0, 0.05) is 12.3 Å². The number of rotatable bonds is 1. The number of imidazole rings is 1. The first kappa shape index (κ1) is 12.6. The number of hydrogen-bond donors (Lipinski definition) is 1. The average molecular weight is 286 g/mol. The first-order valence-corrected chi connectivity index (χ1v) is 6.33. The number of esters is 1. The number of aromatic amines is 1. The Bertz CT molecular complexity index is 855. The summed E-state index contributed by atoms with van der Waals surface area (Å²) in [5, 5.41) is 0. The molecular weight excluding hydrogens is 276 g/mol. The molecule has 0 atom stereocenters. The van der Waals surface area contributed by atoms with E-state index in [2.05, 4.69) is 4.98 Å². The second-order valence-electron chi connectivity index (χ2n) is 4.37. The van der Waals surface area contributed by atoms with Crippen LogP contribution in [0, 0.1) is 4.77 Å². The maximum atomic E-state index is 11.9. The van der Waals surface area contributed by atoms with Gasteiger partial charge in [-0.3, -0.25) is 9.36 Å². The van der Waals surface area contributed by atoms with E-state index in [-0.39, 0.29) is 11.4 Å². The first-order valence-electron chi connectivity index (χ1n) is 5.92. The molecule has 0 saturated heterocycles. The van der Waals surface area contributed by atoms with Crippen LogP contribution in [-0.4, -0.2) is 21.3 Å². The van der Waals surface area contributed by atoms with Crippen LogP contribution in [0.5, 0.6) is 0 Å². The van der Waals surface area contributed by atoms with E-state index in [0.717, 1.165) is 11.0 Å². The minimum Gasteiger partial charge on any atom is -0.427 e. The fraction of sp³-hybridized carbons (Fsp3) is 0.0714. The molecule has 1 aliphatic heterocycles. The standard InChI is InChI=1S/C14H10N2O3S/c1-8-6-12(17)9(13(18)19-8)7-16-11-5-3-2-4-10(11)15-14(16)20/h2-7H,1H3,(H,15,20)/b9-7-. The largest absolute Gasteiger partial charge is 0.427 e. The topological polar surface area (TPSA) is 64.1 Å². The van der Waals surface area contributed by atoms with Crippen LogP contribution in [0.3, 0.4) is 0 Å². The van der Waals surface area contributed by atoms with Crippen LogP contribution in [-0.2, 0) is 14.3 Å². The number of para-hydroxylation sites is 2. The Hall–Kier alpha value is -2.47. The Morgan fingerprint density at radius 1 is 1.30 bits per heavy atom. The SMILES string of the molecule is CC1=CC(=O)/C(=C/n2c(=S)[nH]c3ccccc32)C(=O)O1. The van der Waals surface area contributed by atoms with Gasteiger partial charge in [0.25, 0.3) is 0 Å². The van der Waals surface area contributed by atoms with Crippen molar-refractivity contribution in [2.24, 2.45) is 0 Å². The summed E-state index contributed by atoms with van der Waals surface area (Å²) in [7, 11) is 0. The minimum atomic E-state index is -0.665. The molecule has 0 radical (unpaired) electrons. The lowest BCUT2D eigenvalue weighted by Gasteiger charge is -2.11. The molecule has 0 aliphatic carbocycles. The lowest BCUT2D eigenvalue weighted by atomic mass is 10.1. The van der Waals surface area contributed by atoms with Crippen molar-refractivity contribution >= 4 is 41.2 Å². The number of ether oxygens (including phenoxy) is 1. The number of cyclic esters (lactones) is 1. The molecule has 2 heterocycles. The van der Waals surface area contributed by atoms with Crippen molar-refractivity contribution in [2.75, 3.05) is 0 Å². The van der Waals surface area contributed by atoms with Gasteiger partial charge in [-0.1, -0.05) is 12.1 Å². The van der Waals surface area contributed by atoms with Crippen molar-refractivity contribution in [3.63, 3.8) is 0 Å². The molecule has 2 aromatic rings. The van der Waals surface area contributed by atoms with E-state index < -0.39 is 5.97 Å². The molecule has 0 fully saturated rings. The van der Waals surface area contributed by atoms with Gasteiger partial charge in [0.15, 0.2) is 10.6 Å². The molecule has 1 N–H and O–H groups in total. The monoisotopic (exact) mass is 286 g/mol. The van der Waals surface area contributed by atoms with Gasteiger partial charge < -0.3 is 9.72 Å². The maximum Gasteiger partial charge on any atom is 0.348 e. The quantitative estimate of drug-likeness (QED) is 0.379. The Morgan fingerprint density at radius 2 is 2.05 bits per heavy atom. The van der Waals surface area contributed by atoms with Crippen LogP contribution < -0.4 is 0 Å². The molecular formula is C14H10N2O3S. The summed E-state index contributed by atoms with van der Waals surface area (Å²) >= 11 is 5.21. The van der Waals surface area contributed by atoms with Gasteiger partial charge in [-0.25, -0.2) is 4.79 Å². The third-order valence-corrected chi connectivity index (χ3v) is 3.25. The molecule has 20 heavy (non-hydrogen) atoms. The Morgan fingerprint density at radius 3 is 2.80 bits per heavy atom. The highest BCUT2D eigenvalue weighted by Gasteiger charge is 2.24. The molecule has 0 amide bonds. The molecule has 0 saturated carbocycles. The molecule has 5 nitrogen and oxygen atoms in total. The summed E-state index contributed by atoms with van der Waals surface area (Å²) in [6.45, 7) is 1.56. The zero-order valence-electron chi connectivity index (χ0n) is 10.5. The zero-order valence-corrected chi connectivity index (χ0v) is 11.4. The van der Waals surface area contributed by atoms with E-state index in [0.29, 0.717) is 10.5 Å². The number of H-pyrrole nitrogens is 1. The summed E-state index contributed by atoms with van der Waals surface area (Å²) in [5.74, 6) is -0.757. The molecule has 3 rings (SSSR count). The van der Waals surface area contributed by atoms with Gasteiger partial charge in [-0.05, 0) is 31.3 Å². The number of nitrogens with zero attached hydrogens (tertiary/aromatic N) is 1. The third kappa shape index (κ3) is 2.00. The van der Waals surface area contributed by atoms with E-state index in [4.69, 9.17) is 17.0 Å². The number of ketones is 1. The highest BCUT2D eigenvalue weighted by atomic mass is 32.1. The zero-order chi connectivity index (χ0) is 14.3. The predicted octanol–water partition coefficient (Wildman–Crippen LogP) is 2.57. The highest BCUT2D eigenvalue weighted by Crippen LogP contribution is 2.18. The Balaban J connectivity index is 2.20. The fourth-order valence-corrected chi connectivity index (χ4v) is 2.30. The van der Waals surface area contributed by atoms with Crippen LogP contribution in [0.2, 0.25) is 0 Å². The van der Waals surface area contributed by atoms with Gasteiger partial charge in [-0.2, -0.15) is 0 Å². The van der Waals surface area contributed by atoms with Crippen molar-refractivity contribution in [2.45, 2.75) is 6.92 Å². The van der Waals surface area contributed by atoms with E-state index in [1.54, 1.807) is 11.5 Å². The van der Waals surface area contributed by atoms with E-state index in [1.165, 1.54) is 12.3 Å². The number of hydrogen-bond acceptors (Lipinski definition) is 4. The normalized spacial score (nSPS) is 17.4. The second-order valence-corrected chi connectivity index (χ2v) is 4.76. The summed E-state index contributed by atoms with van der Waals surface area (Å²) in [6.07, 6.45) is 2.69. The van der Waals surface area contributed by atoms with Gasteiger partial charge in [0.1, 0.15) is 11.3 Å². The molecule has 1 aromatic heterocycles. The van der Waals surface area contributed by atoms with Crippen molar-refractivity contribution in [1.29, 1.82) is 0 Å². The molecule has 0 spiro atoms. The van der Waals surface area contributed by atoms with E-state index >= 15 is 0 Å². The number of fused-ring (bicyclic) bond motifs is 1. The van der Waals surface area contributed by atoms with Crippen molar-refractivity contribution in [1.82, 2.24) is 9.55 Å². The smallest absolute Gasteiger partial charge is 0.348 e. The van der Waals surface area contributed by atoms with Crippen LogP contribution >= 0.6 is 12.2 Å². The molecule has 100 valence electrons. The minimum absolute atomic E-state index is 0.0450. The van der Waals surface area contributed by atoms with Gasteiger partial charge >= 0.3 is 5.97 Å². The molecule has 1 aliphatic rings. The number of benzene rings is 1. The number of carbonyl (C=O) groups is 2. The van der Waals surface area contributed by atoms with Crippen molar-refractivity contribution in [3.8, 4) is 0 Å². The number of allylic oxidation sites excluding steroid dienone is 2. The number of aromatic nitrogens is 2. The average Bonchev–Trinajstić information content (AvgIpc) is 2.69. The lowest BCUT2D eigenvalue weighted by molar-refractivity contribution is -0.137. The number of carbonyl (C=O) groups excluding carboxylic acids is 2. The Labute approximate surface area is 119 Å². The Kier molecular flexibility index (Phi) is 2.87. The lowest BCUT2D eigenvalue weighted by Crippen LogP contribution is -2.19. The van der Waals surface area contributed by atoms with Gasteiger partial charge in [-0.15, -0.1) is 0 Å². The third-order valence-electron chi connectivity index (χ3n) is 2.96. The van der Waals surface area contributed by atoms with E-state index in [1.807, 2.05) is 24.3 Å². The molecule has 1 aromatic carbocycles. The summed E-state index contributed by atoms with van der Waals surface area (Å²) in [4.78, 5) is 26.7. The molecule has 6 heteroatoms. The van der Waals surface area contributed by atoms with Gasteiger partial charge in [0.2, 0.25) is 0 Å². The summed E-state index contributed by atoms with van der Waals surface area (Å²) in [6, 6.07) is 7.44. The van der Waals surface area contributed by atoms with Crippen LogP contribution in [0.1, 0.15) is 6.92 Å². The fourth-order valence-electron chi connectivity index (χ4n) is 2.04. The predicted molar refractivity (Wildman–Crippen MR) is 76.3 cm³/mol. The molecule has 0 unspecified atom stereocenters. The van der Waals surface area contributed by atoms with Crippen molar-refractivity contribution < 1.29 is 14.3 Å².